The highest BCUT2D eigenvalue weighted by molar-refractivity contribution is 7.06. The van der Waals surface area contributed by atoms with Crippen LogP contribution in [0.25, 0.3) is 5.57 Å². The van der Waals surface area contributed by atoms with Crippen LogP contribution in [-0.2, 0) is 0 Å². The summed E-state index contributed by atoms with van der Waals surface area (Å²) in [5, 5.41) is 9.62. The van der Waals surface area contributed by atoms with Crippen molar-refractivity contribution in [1.82, 2.24) is 14.3 Å². The van der Waals surface area contributed by atoms with Gasteiger partial charge in [-0.05, 0) is 23.5 Å². The predicted octanol–water partition coefficient (Wildman–Crippen LogP) is 1.31. The number of hydrogen-bond donors (Lipinski definition) is 1. The van der Waals surface area contributed by atoms with E-state index in [0.717, 1.165) is 17.0 Å². The quantitative estimate of drug-likeness (QED) is 0.760. The monoisotopic (exact) mass is 211 g/mol. The molecule has 2 rings (SSSR count). The van der Waals surface area contributed by atoms with Gasteiger partial charge in [0.2, 0.25) is 0 Å². The van der Waals surface area contributed by atoms with E-state index in [2.05, 4.69) is 9.36 Å². The van der Waals surface area contributed by atoms with E-state index in [-0.39, 0.29) is 0 Å². The molecule has 0 atom stereocenters. The Bertz CT molecular complexity index is 361. The third-order valence-electron chi connectivity index (χ3n) is 2.12. The van der Waals surface area contributed by atoms with Crippen LogP contribution in [0.1, 0.15) is 11.4 Å². The first kappa shape index (κ1) is 9.14. The third-order valence-corrected chi connectivity index (χ3v) is 2.86. The Hall–Kier alpha value is -1.43. The number of amides is 1. The number of nitrogens with zero attached hydrogens (tertiary/aromatic N) is 3. The van der Waals surface area contributed by atoms with Crippen molar-refractivity contribution in [3.05, 3.63) is 17.4 Å². The van der Waals surface area contributed by atoms with E-state index in [4.69, 9.17) is 5.11 Å². The van der Waals surface area contributed by atoms with Crippen molar-refractivity contribution in [2.75, 3.05) is 13.1 Å². The van der Waals surface area contributed by atoms with E-state index in [9.17, 15) is 4.79 Å². The summed E-state index contributed by atoms with van der Waals surface area (Å²) < 4.78 is 3.91. The van der Waals surface area contributed by atoms with Crippen LogP contribution < -0.4 is 0 Å². The lowest BCUT2D eigenvalue weighted by Crippen LogP contribution is -2.33. The lowest BCUT2D eigenvalue weighted by molar-refractivity contribution is 0.150. The van der Waals surface area contributed by atoms with Crippen LogP contribution in [0.5, 0.6) is 0 Å². The van der Waals surface area contributed by atoms with Crippen LogP contribution in [0.15, 0.2) is 12.4 Å². The van der Waals surface area contributed by atoms with Gasteiger partial charge in [0.05, 0.1) is 0 Å². The number of rotatable bonds is 1. The molecule has 0 aromatic carbocycles. The van der Waals surface area contributed by atoms with E-state index in [0.29, 0.717) is 13.1 Å². The maximum absolute atomic E-state index is 10.6. The fourth-order valence-corrected chi connectivity index (χ4v) is 1.94. The van der Waals surface area contributed by atoms with Gasteiger partial charge in [0.1, 0.15) is 11.3 Å². The molecular formula is C8H9N3O2S. The molecule has 1 aliphatic rings. The van der Waals surface area contributed by atoms with Gasteiger partial charge in [0, 0.05) is 13.1 Å². The SMILES string of the molecule is O=C(O)N1CC=C(c2ncns2)CC1. The van der Waals surface area contributed by atoms with Gasteiger partial charge >= 0.3 is 6.09 Å². The first-order valence-corrected chi connectivity index (χ1v) is 4.98. The van der Waals surface area contributed by atoms with Crippen molar-refractivity contribution in [2.45, 2.75) is 6.42 Å². The molecule has 0 radical (unpaired) electrons. The molecule has 74 valence electrons. The summed E-state index contributed by atoms with van der Waals surface area (Å²) in [5.41, 5.74) is 1.10. The fraction of sp³-hybridized carbons (Fsp3) is 0.375. The highest BCUT2D eigenvalue weighted by Gasteiger charge is 2.17. The number of aromatic nitrogens is 2. The molecule has 1 aromatic heterocycles. The molecule has 14 heavy (non-hydrogen) atoms. The standard InChI is InChI=1S/C8H9N3O2S/c12-8(13)11-3-1-6(2-4-11)7-9-5-10-14-7/h1,5H,2-4H2,(H,12,13). The van der Waals surface area contributed by atoms with Crippen molar-refractivity contribution >= 4 is 23.2 Å². The van der Waals surface area contributed by atoms with Crippen molar-refractivity contribution < 1.29 is 9.90 Å². The Morgan fingerprint density at radius 3 is 3.00 bits per heavy atom. The Labute approximate surface area is 84.9 Å². The van der Waals surface area contributed by atoms with E-state index in [1.54, 1.807) is 0 Å². The normalized spacial score (nSPS) is 16.6. The molecule has 0 aliphatic carbocycles. The second kappa shape index (κ2) is 3.75. The van der Waals surface area contributed by atoms with E-state index < -0.39 is 6.09 Å². The minimum Gasteiger partial charge on any atom is -0.465 e. The molecule has 1 aliphatic heterocycles. The van der Waals surface area contributed by atoms with E-state index >= 15 is 0 Å². The van der Waals surface area contributed by atoms with Gasteiger partial charge < -0.3 is 10.0 Å². The molecule has 0 saturated carbocycles. The van der Waals surface area contributed by atoms with Crippen LogP contribution in [0.2, 0.25) is 0 Å². The molecule has 5 nitrogen and oxygen atoms in total. The maximum atomic E-state index is 10.6. The van der Waals surface area contributed by atoms with Gasteiger partial charge in [0.15, 0.2) is 0 Å². The van der Waals surface area contributed by atoms with E-state index in [1.165, 1.54) is 22.8 Å². The summed E-state index contributed by atoms with van der Waals surface area (Å²) >= 11 is 1.34. The summed E-state index contributed by atoms with van der Waals surface area (Å²) in [6.45, 7) is 0.991. The van der Waals surface area contributed by atoms with E-state index in [1.807, 2.05) is 6.08 Å². The van der Waals surface area contributed by atoms with Crippen LogP contribution in [-0.4, -0.2) is 38.5 Å². The average Bonchev–Trinajstić information content (AvgIpc) is 2.71. The zero-order valence-electron chi connectivity index (χ0n) is 7.38. The molecule has 1 N–H and O–H groups in total. The van der Waals surface area contributed by atoms with Crippen molar-refractivity contribution in [3.63, 3.8) is 0 Å². The molecule has 0 bridgehead atoms. The molecule has 0 spiro atoms. The van der Waals surface area contributed by atoms with Gasteiger partial charge in [-0.1, -0.05) is 6.08 Å². The number of hydrogen-bond acceptors (Lipinski definition) is 4. The number of carboxylic acid groups (broad SMARTS) is 1. The first-order valence-electron chi connectivity index (χ1n) is 4.21. The second-order valence-electron chi connectivity index (χ2n) is 2.95. The van der Waals surface area contributed by atoms with Crippen LogP contribution in [0, 0.1) is 0 Å². The van der Waals surface area contributed by atoms with Crippen LogP contribution >= 0.6 is 11.5 Å². The predicted molar refractivity (Wildman–Crippen MR) is 52.1 cm³/mol. The summed E-state index contributed by atoms with van der Waals surface area (Å²) in [7, 11) is 0. The molecule has 0 saturated heterocycles. The van der Waals surface area contributed by atoms with Crippen molar-refractivity contribution in [1.29, 1.82) is 0 Å². The zero-order valence-corrected chi connectivity index (χ0v) is 8.20. The Balaban J connectivity index is 2.09. The van der Waals surface area contributed by atoms with Crippen LogP contribution in [0.3, 0.4) is 0 Å². The lowest BCUT2D eigenvalue weighted by Gasteiger charge is -2.22. The van der Waals surface area contributed by atoms with Gasteiger partial charge in [0.25, 0.3) is 0 Å². The maximum Gasteiger partial charge on any atom is 0.407 e. The highest BCUT2D eigenvalue weighted by atomic mass is 32.1. The van der Waals surface area contributed by atoms with Gasteiger partial charge in [-0.25, -0.2) is 9.78 Å². The summed E-state index contributed by atoms with van der Waals surface area (Å²) in [6.07, 6.45) is 3.28. The van der Waals surface area contributed by atoms with Crippen LogP contribution in [0.4, 0.5) is 4.79 Å². The molecule has 1 aromatic rings. The summed E-state index contributed by atoms with van der Waals surface area (Å²) in [6, 6.07) is 0. The molecule has 6 heteroatoms. The smallest absolute Gasteiger partial charge is 0.407 e. The van der Waals surface area contributed by atoms with Gasteiger partial charge in [-0.15, -0.1) is 0 Å². The third kappa shape index (κ3) is 1.74. The van der Waals surface area contributed by atoms with Crippen molar-refractivity contribution in [2.24, 2.45) is 0 Å². The summed E-state index contributed by atoms with van der Waals surface area (Å²) in [5.74, 6) is 0. The fourth-order valence-electron chi connectivity index (χ4n) is 1.35. The first-order chi connectivity index (χ1) is 6.77. The highest BCUT2D eigenvalue weighted by Crippen LogP contribution is 2.22. The van der Waals surface area contributed by atoms with Gasteiger partial charge in [-0.3, -0.25) is 0 Å². The Morgan fingerprint density at radius 1 is 1.64 bits per heavy atom. The average molecular weight is 211 g/mol. The lowest BCUT2D eigenvalue weighted by atomic mass is 10.1. The molecular weight excluding hydrogens is 202 g/mol. The molecule has 2 heterocycles. The van der Waals surface area contributed by atoms with Crippen molar-refractivity contribution in [3.8, 4) is 0 Å². The Morgan fingerprint density at radius 2 is 2.50 bits per heavy atom. The topological polar surface area (TPSA) is 66.3 Å². The molecule has 0 unspecified atom stereocenters. The minimum absolute atomic E-state index is 0.449. The minimum atomic E-state index is -0.863. The molecule has 1 amide bonds. The number of carbonyl (C=O) groups is 1. The summed E-state index contributed by atoms with van der Waals surface area (Å²) in [4.78, 5) is 16.1. The Kier molecular flexibility index (Phi) is 2.45. The zero-order chi connectivity index (χ0) is 9.97. The molecule has 0 fully saturated rings. The largest absolute Gasteiger partial charge is 0.465 e. The second-order valence-corrected chi connectivity index (χ2v) is 3.73. The van der Waals surface area contributed by atoms with Gasteiger partial charge in [-0.2, -0.15) is 4.37 Å².